The summed E-state index contributed by atoms with van der Waals surface area (Å²) in [7, 11) is 3.35. The van der Waals surface area contributed by atoms with Crippen molar-refractivity contribution in [1.29, 1.82) is 0 Å². The van der Waals surface area contributed by atoms with Crippen molar-refractivity contribution in [2.45, 2.75) is 108 Å². The molecule has 0 aliphatic rings. The zero-order chi connectivity index (χ0) is 48.4. The molecule has 5 heterocycles. The van der Waals surface area contributed by atoms with E-state index in [1.54, 1.807) is 59.6 Å². The first-order valence-electron chi connectivity index (χ1n) is 22.6. The van der Waals surface area contributed by atoms with E-state index in [2.05, 4.69) is 53.7 Å². The minimum absolute atomic E-state index is 0.0371. The lowest BCUT2D eigenvalue weighted by molar-refractivity contribution is -0.143. The zero-order valence-electron chi connectivity index (χ0n) is 40.9. The van der Waals surface area contributed by atoms with Crippen molar-refractivity contribution in [2.24, 2.45) is 0 Å². The lowest BCUT2D eigenvalue weighted by atomic mass is 10.0. The van der Waals surface area contributed by atoms with Gasteiger partial charge in [-0.25, -0.2) is 0 Å². The predicted molar refractivity (Wildman–Crippen MR) is 282 cm³/mol. The second-order valence-corrected chi connectivity index (χ2v) is 22.1. The monoisotopic (exact) mass is 996 g/mol. The highest BCUT2D eigenvalue weighted by molar-refractivity contribution is 7.30. The summed E-state index contributed by atoms with van der Waals surface area (Å²) < 4.78 is 35.4. The number of benzene rings is 2. The smallest absolute Gasteiger partial charge is 0.310 e. The molecule has 0 aliphatic carbocycles. The van der Waals surface area contributed by atoms with Crippen molar-refractivity contribution in [1.82, 2.24) is 0 Å². The van der Waals surface area contributed by atoms with Crippen LogP contribution in [0.5, 0.6) is 23.0 Å². The SMILES string of the molecule is CCOC(=O)Cc1cc(-c2c(OC)cccc2OC(C)C)sc1-c1sc(-c2sc(-c3sc(-c4sc(-c5c(OC)cccc5OC(C)C)cc4CC(=O)OCC)c(C)c3C)c(C)c2C)c(C)c1C. The normalized spacial score (nSPS) is 11.5. The third kappa shape index (κ3) is 10.1. The summed E-state index contributed by atoms with van der Waals surface area (Å²) in [5.41, 5.74) is 10.9. The number of hydrogen-bond donors (Lipinski definition) is 0. The fourth-order valence-corrected chi connectivity index (χ4v) is 15.5. The van der Waals surface area contributed by atoms with E-state index in [1.807, 2.05) is 89.3 Å². The largest absolute Gasteiger partial charge is 0.496 e. The van der Waals surface area contributed by atoms with Gasteiger partial charge in [0, 0.05) is 48.8 Å². The Bertz CT molecular complexity index is 2740. The van der Waals surface area contributed by atoms with Crippen molar-refractivity contribution in [3.05, 3.63) is 93.0 Å². The second kappa shape index (κ2) is 21.2. The third-order valence-electron chi connectivity index (χ3n) is 11.7. The van der Waals surface area contributed by atoms with Gasteiger partial charge in [-0.05, 0) is 164 Å². The first-order valence-corrected chi connectivity index (χ1v) is 26.7. The highest BCUT2D eigenvalue weighted by atomic mass is 32.1. The van der Waals surface area contributed by atoms with Gasteiger partial charge in [-0.3, -0.25) is 9.59 Å². The quantitative estimate of drug-likeness (QED) is 0.0786. The Kier molecular flexibility index (Phi) is 15.8. The van der Waals surface area contributed by atoms with E-state index >= 15 is 0 Å². The van der Waals surface area contributed by atoms with Crippen LogP contribution in [0.25, 0.3) is 59.9 Å². The molecule has 0 saturated carbocycles. The molecule has 0 N–H and O–H groups in total. The molecule has 5 aromatic heterocycles. The molecule has 0 bridgehead atoms. The number of carbonyl (C=O) groups is 2. The predicted octanol–water partition coefficient (Wildman–Crippen LogP) is 15.6. The molecular formula is C54H60O8S5. The molecule has 0 radical (unpaired) electrons. The summed E-state index contributed by atoms with van der Waals surface area (Å²) in [5, 5.41) is 0. The number of thiophene rings is 5. The third-order valence-corrected chi connectivity index (χ3v) is 18.9. The molecule has 0 spiro atoms. The van der Waals surface area contributed by atoms with Gasteiger partial charge in [-0.2, -0.15) is 0 Å². The van der Waals surface area contributed by atoms with Gasteiger partial charge in [-0.1, -0.05) is 12.1 Å². The fraction of sp³-hybridized carbons (Fsp3) is 0.370. The number of carbonyl (C=O) groups excluding carboxylic acids is 2. The Labute approximate surface area is 415 Å². The maximum absolute atomic E-state index is 13.2. The van der Waals surface area contributed by atoms with Gasteiger partial charge in [0.15, 0.2) is 0 Å². The summed E-state index contributed by atoms with van der Waals surface area (Å²) in [5.74, 6) is 2.38. The van der Waals surface area contributed by atoms with E-state index in [0.29, 0.717) is 24.7 Å². The Morgan fingerprint density at radius 1 is 0.463 bits per heavy atom. The minimum atomic E-state index is -0.259. The molecule has 354 valence electrons. The van der Waals surface area contributed by atoms with Crippen molar-refractivity contribution < 1.29 is 38.0 Å². The second-order valence-electron chi connectivity index (χ2n) is 16.9. The molecule has 0 aliphatic heterocycles. The maximum Gasteiger partial charge on any atom is 0.310 e. The molecule has 7 rings (SSSR count). The first-order chi connectivity index (χ1) is 32.0. The average molecular weight is 997 g/mol. The molecule has 8 nitrogen and oxygen atoms in total. The number of esters is 2. The van der Waals surface area contributed by atoms with E-state index in [1.165, 1.54) is 52.9 Å². The van der Waals surface area contributed by atoms with Gasteiger partial charge in [-0.15, -0.1) is 56.7 Å². The molecule has 0 amide bonds. The molecule has 0 unspecified atom stereocenters. The fourth-order valence-electron chi connectivity index (χ4n) is 8.13. The highest BCUT2D eigenvalue weighted by Crippen LogP contribution is 2.56. The minimum Gasteiger partial charge on any atom is -0.496 e. The Hall–Kier alpha value is -4.92. The van der Waals surface area contributed by atoms with Crippen molar-refractivity contribution >= 4 is 68.6 Å². The van der Waals surface area contributed by atoms with Crippen molar-refractivity contribution in [2.75, 3.05) is 27.4 Å². The molecule has 67 heavy (non-hydrogen) atoms. The van der Waals surface area contributed by atoms with Crippen LogP contribution < -0.4 is 18.9 Å². The number of ether oxygens (including phenoxy) is 6. The molecule has 0 saturated heterocycles. The van der Waals surface area contributed by atoms with E-state index in [9.17, 15) is 9.59 Å². The summed E-state index contributed by atoms with van der Waals surface area (Å²) in [6.07, 6.45) is 0.233. The molecule has 0 atom stereocenters. The number of hydrogen-bond acceptors (Lipinski definition) is 13. The molecule has 13 heteroatoms. The Balaban J connectivity index is 1.34. The summed E-state index contributed by atoms with van der Waals surface area (Å²) in [6.45, 7) is 25.6. The highest BCUT2D eigenvalue weighted by Gasteiger charge is 2.29. The van der Waals surface area contributed by atoms with Crippen LogP contribution in [-0.2, 0) is 31.9 Å². The summed E-state index contributed by atoms with van der Waals surface area (Å²) in [4.78, 5) is 37.6. The van der Waals surface area contributed by atoms with Gasteiger partial charge < -0.3 is 28.4 Å². The van der Waals surface area contributed by atoms with Crippen molar-refractivity contribution in [3.63, 3.8) is 0 Å². The summed E-state index contributed by atoms with van der Waals surface area (Å²) >= 11 is 8.74. The number of rotatable bonds is 18. The van der Waals surface area contributed by atoms with Crippen LogP contribution >= 0.6 is 56.7 Å². The Morgan fingerprint density at radius 3 is 1.04 bits per heavy atom. The molecule has 0 fully saturated rings. The van der Waals surface area contributed by atoms with Crippen LogP contribution in [0, 0.1) is 41.5 Å². The van der Waals surface area contributed by atoms with Gasteiger partial charge in [0.2, 0.25) is 0 Å². The van der Waals surface area contributed by atoms with Gasteiger partial charge in [0.1, 0.15) is 23.0 Å². The van der Waals surface area contributed by atoms with E-state index in [-0.39, 0.29) is 37.0 Å². The molecule has 7 aromatic rings. The van der Waals surface area contributed by atoms with Crippen LogP contribution in [0.2, 0.25) is 0 Å². The van der Waals surface area contributed by atoms with Gasteiger partial charge in [0.25, 0.3) is 0 Å². The maximum atomic E-state index is 13.2. The first kappa shape index (κ1) is 50.0. The van der Waals surface area contributed by atoms with Crippen LogP contribution in [-0.4, -0.2) is 51.6 Å². The summed E-state index contributed by atoms with van der Waals surface area (Å²) in [6, 6.07) is 15.9. The van der Waals surface area contributed by atoms with Crippen LogP contribution in [0.15, 0.2) is 48.5 Å². The Morgan fingerprint density at radius 2 is 0.761 bits per heavy atom. The average Bonchev–Trinajstić information content (AvgIpc) is 4.08. The molecule has 2 aromatic carbocycles. The van der Waals surface area contributed by atoms with Gasteiger partial charge in [0.05, 0.1) is 63.6 Å². The van der Waals surface area contributed by atoms with E-state index in [4.69, 9.17) is 28.4 Å². The van der Waals surface area contributed by atoms with Crippen LogP contribution in [0.1, 0.15) is 86.1 Å². The van der Waals surface area contributed by atoms with Crippen LogP contribution in [0.3, 0.4) is 0 Å². The van der Waals surface area contributed by atoms with Crippen LogP contribution in [0.4, 0.5) is 0 Å². The lowest BCUT2D eigenvalue weighted by Gasteiger charge is -2.16. The molecular weight excluding hydrogens is 937 g/mol. The van der Waals surface area contributed by atoms with E-state index in [0.717, 1.165) is 63.0 Å². The van der Waals surface area contributed by atoms with Gasteiger partial charge >= 0.3 is 11.9 Å². The topological polar surface area (TPSA) is 89.5 Å². The van der Waals surface area contributed by atoms with Crippen molar-refractivity contribution in [3.8, 4) is 82.9 Å². The standard InChI is InChI=1S/C54H60O8S5/c1-15-59-43(55)25-35-23-41(45-37(57-13)19-17-21-39(45)61-27(3)4)63-53(35)51-33(11)31(9)49(66-51)47-29(7)30(8)48(65-47)50-32(10)34(12)52(67-50)54-36(26-44(56)60-16-2)24-42(64-54)46-38(58-14)20-18-22-40(46)62-28(5)6/h17-24,27-28H,15-16,25-26H2,1-14H3. The zero-order valence-corrected chi connectivity index (χ0v) is 45.0. The number of methoxy groups -OCH3 is 2. The van der Waals surface area contributed by atoms with E-state index < -0.39 is 0 Å². The lowest BCUT2D eigenvalue weighted by Crippen LogP contribution is -2.07.